The van der Waals surface area contributed by atoms with Crippen LogP contribution in [-0.2, 0) is 46.2 Å². The fourth-order valence-electron chi connectivity index (χ4n) is 1.91. The van der Waals surface area contributed by atoms with Gasteiger partial charge in [-0.1, -0.05) is 9.28 Å². The lowest BCUT2D eigenvalue weighted by molar-refractivity contribution is -0.132. The normalized spacial score (nSPS) is 19.1. The van der Waals surface area contributed by atoms with Crippen LogP contribution in [0.25, 0.3) is 0 Å². The number of halogens is 1. The highest BCUT2D eigenvalue weighted by molar-refractivity contribution is 8.02. The third-order valence-corrected chi connectivity index (χ3v) is 6.98. The van der Waals surface area contributed by atoms with Crippen molar-refractivity contribution >= 4 is 72.3 Å². The van der Waals surface area contributed by atoms with Crippen LogP contribution < -0.4 is 20.1 Å². The molecule has 0 unspecified atom stereocenters. The summed E-state index contributed by atoms with van der Waals surface area (Å²) in [4.78, 5) is 43.1. The molecule has 0 spiro atoms. The molecule has 2 atom stereocenters. The summed E-state index contributed by atoms with van der Waals surface area (Å²) >= 11 is 6.45. The number of sulfonamides is 1. The van der Waals surface area contributed by atoms with Crippen LogP contribution in [-0.4, -0.2) is 67.6 Å². The summed E-state index contributed by atoms with van der Waals surface area (Å²) < 4.78 is 54.3. The maximum absolute atomic E-state index is 11.8. The fraction of sp³-hybridized carbons (Fsp3) is 0.364. The van der Waals surface area contributed by atoms with Gasteiger partial charge in [-0.3, -0.25) is 18.9 Å². The predicted octanol–water partition coefficient (Wildman–Crippen LogP) is -2.51. The molecular weight excluding hydrogens is 492 g/mol. The van der Waals surface area contributed by atoms with Crippen molar-refractivity contribution in [1.82, 2.24) is 19.7 Å². The van der Waals surface area contributed by atoms with E-state index in [1.165, 1.54) is 0 Å². The molecular formula is C11H13ClN6O9S3. The Hall–Kier alpha value is -2.38. The van der Waals surface area contributed by atoms with Crippen molar-refractivity contribution in [2.24, 2.45) is 5.16 Å². The first kappa shape index (κ1) is 23.9. The minimum absolute atomic E-state index is 0.170. The Labute approximate surface area is 178 Å². The van der Waals surface area contributed by atoms with Gasteiger partial charge in [-0.25, -0.2) is 13.4 Å². The molecule has 1 aliphatic heterocycles. The fourth-order valence-corrected chi connectivity index (χ4v) is 5.10. The van der Waals surface area contributed by atoms with E-state index in [1.54, 1.807) is 5.38 Å². The van der Waals surface area contributed by atoms with E-state index in [2.05, 4.69) is 15.5 Å². The summed E-state index contributed by atoms with van der Waals surface area (Å²) in [5.41, 5.74) is 0.378. The van der Waals surface area contributed by atoms with Crippen molar-refractivity contribution in [2.45, 2.75) is 18.0 Å². The van der Waals surface area contributed by atoms with Gasteiger partial charge in [0, 0.05) is 5.38 Å². The molecule has 0 aliphatic carbocycles. The van der Waals surface area contributed by atoms with Gasteiger partial charge in [-0.05, 0) is 0 Å². The third-order valence-electron chi connectivity index (χ3n) is 3.10. The molecule has 0 aromatic carbocycles. The van der Waals surface area contributed by atoms with Crippen LogP contribution in [0.4, 0.5) is 5.13 Å². The maximum atomic E-state index is 11.8. The number of amides is 3. The van der Waals surface area contributed by atoms with Gasteiger partial charge in [0.25, 0.3) is 5.91 Å². The average molecular weight is 505 g/mol. The van der Waals surface area contributed by atoms with Crippen LogP contribution in [0.3, 0.4) is 0 Å². The van der Waals surface area contributed by atoms with Crippen LogP contribution in [0.5, 0.6) is 0 Å². The van der Waals surface area contributed by atoms with Gasteiger partial charge >= 0.3 is 10.3 Å². The molecule has 5 N–H and O–H groups in total. The van der Waals surface area contributed by atoms with E-state index in [9.17, 15) is 31.2 Å². The molecule has 30 heavy (non-hydrogen) atoms. The van der Waals surface area contributed by atoms with Gasteiger partial charge in [0.05, 0.1) is 5.69 Å². The zero-order valence-electron chi connectivity index (χ0n) is 14.4. The van der Waals surface area contributed by atoms with Gasteiger partial charge in [0.2, 0.25) is 21.8 Å². The summed E-state index contributed by atoms with van der Waals surface area (Å²) in [6.45, 7) is -0.170. The number of thiazole rings is 1. The lowest BCUT2D eigenvalue weighted by Crippen LogP contribution is -2.73. The monoisotopic (exact) mass is 504 g/mol. The molecule has 2 heterocycles. The number of anilines is 1. The van der Waals surface area contributed by atoms with Gasteiger partial charge in [0.1, 0.15) is 18.1 Å². The molecule has 0 radical (unpaired) electrons. The topological polar surface area (TPSA) is 222 Å². The van der Waals surface area contributed by atoms with Crippen LogP contribution >= 0.6 is 22.9 Å². The number of rotatable bonds is 10. The van der Waals surface area contributed by atoms with Gasteiger partial charge < -0.3 is 20.8 Å². The molecule has 1 aliphatic rings. The number of hydrogen-bond acceptors (Lipinski definition) is 11. The highest BCUT2D eigenvalue weighted by atomic mass is 35.5. The molecule has 1 fully saturated rings. The van der Waals surface area contributed by atoms with Gasteiger partial charge in [0.15, 0.2) is 17.1 Å². The summed E-state index contributed by atoms with van der Waals surface area (Å²) in [5, 5.41) is 9.60. The molecule has 0 saturated carbocycles. The van der Waals surface area contributed by atoms with E-state index in [0.717, 1.165) is 15.5 Å². The second-order valence-electron chi connectivity index (χ2n) is 5.35. The predicted molar refractivity (Wildman–Crippen MR) is 102 cm³/mol. The lowest BCUT2D eigenvalue weighted by atomic mass is 10.1. The summed E-state index contributed by atoms with van der Waals surface area (Å²) in [6.07, 6.45) is 0.605. The highest BCUT2D eigenvalue weighted by Crippen LogP contribution is 2.16. The van der Waals surface area contributed by atoms with Gasteiger partial charge in [-0.2, -0.15) is 8.42 Å². The molecule has 3 amide bonds. The third kappa shape index (κ3) is 6.85. The van der Waals surface area contributed by atoms with Crippen LogP contribution in [0, 0.1) is 0 Å². The Morgan fingerprint density at radius 1 is 1.40 bits per heavy atom. The van der Waals surface area contributed by atoms with E-state index in [-0.39, 0.29) is 17.6 Å². The first-order valence-electron chi connectivity index (χ1n) is 7.47. The Morgan fingerprint density at radius 2 is 2.10 bits per heavy atom. The number of carbonyl (C=O) groups is 3. The number of aromatic nitrogens is 1. The second kappa shape index (κ2) is 9.62. The number of nitrogens with zero attached hydrogens (tertiary/aromatic N) is 2. The summed E-state index contributed by atoms with van der Waals surface area (Å²) in [7, 11) is -9.84. The van der Waals surface area contributed by atoms with E-state index >= 15 is 0 Å². The molecule has 0 bridgehead atoms. The van der Waals surface area contributed by atoms with E-state index < -0.39 is 49.5 Å². The van der Waals surface area contributed by atoms with Crippen molar-refractivity contribution in [3.8, 4) is 0 Å². The quantitative estimate of drug-likeness (QED) is 0.0739. The first-order valence-corrected chi connectivity index (χ1v) is 11.9. The highest BCUT2D eigenvalue weighted by Gasteiger charge is 2.49. The van der Waals surface area contributed by atoms with Crippen LogP contribution in [0.15, 0.2) is 10.5 Å². The number of oxime groups is 1. The Bertz CT molecular complexity index is 1070. The Kier molecular flexibility index (Phi) is 7.66. The largest absolute Gasteiger partial charge is 0.389 e. The van der Waals surface area contributed by atoms with E-state index in [1.807, 2.05) is 10.6 Å². The molecule has 15 nitrogen and oxygen atoms in total. The van der Waals surface area contributed by atoms with Crippen molar-refractivity contribution in [2.75, 3.05) is 11.2 Å². The molecule has 1 aromatic heterocycles. The number of hydrogen-bond donors (Lipinski definition) is 5. The Balaban J connectivity index is 1.84. The molecule has 1 saturated heterocycles. The Morgan fingerprint density at radius 3 is 2.70 bits per heavy atom. The zero-order chi connectivity index (χ0) is 22.5. The van der Waals surface area contributed by atoms with Crippen molar-refractivity contribution in [3.05, 3.63) is 11.1 Å². The van der Waals surface area contributed by atoms with Gasteiger partial charge in [-0.15, -0.1) is 22.9 Å². The number of alkyl halides is 1. The standard InChI is InChI=1S/C11H13ClN6O9S3/c12-1-6(19)16-11-14-5(4-28-11)3-27-13-2-7(20)15-8-9(21)17-10(8)29(22,23)18-30(24,25)26/h2,4,8,10,18H,1,3H2,(H,15,20)(H,17,21)(H,14,16,19)(H,24,25,26)/t8-,10-/m1/s1. The maximum Gasteiger partial charge on any atom is 0.346 e. The molecule has 19 heteroatoms. The van der Waals surface area contributed by atoms with Crippen LogP contribution in [0.1, 0.15) is 5.69 Å². The SMILES string of the molecule is O=C(C=NOCc1csc(NC(=O)CCl)n1)N[C@@H]1C(=O)N[C@@H]1S(=O)(=O)NS(=O)(=O)O. The molecule has 1 aromatic rings. The molecule has 166 valence electrons. The summed E-state index contributed by atoms with van der Waals surface area (Å²) in [5.74, 6) is -2.61. The van der Waals surface area contributed by atoms with E-state index in [4.69, 9.17) is 21.0 Å². The smallest absolute Gasteiger partial charge is 0.346 e. The number of β-lactam (4-membered cyclic amide) rings is 1. The minimum atomic E-state index is -5.11. The lowest BCUT2D eigenvalue weighted by Gasteiger charge is -2.35. The van der Waals surface area contributed by atoms with E-state index in [0.29, 0.717) is 11.9 Å². The zero-order valence-corrected chi connectivity index (χ0v) is 17.6. The molecule has 2 rings (SSSR count). The average Bonchev–Trinajstić information content (AvgIpc) is 3.06. The number of carbonyl (C=O) groups excluding carboxylic acids is 3. The minimum Gasteiger partial charge on any atom is -0.389 e. The van der Waals surface area contributed by atoms with Crippen molar-refractivity contribution < 1.29 is 40.6 Å². The first-order chi connectivity index (χ1) is 13.9. The summed E-state index contributed by atoms with van der Waals surface area (Å²) in [6, 6.07) is -1.63. The number of nitrogens with one attached hydrogen (secondary N) is 4. The second-order valence-corrected chi connectivity index (χ2v) is 9.69. The van der Waals surface area contributed by atoms with Crippen LogP contribution in [0.2, 0.25) is 0 Å². The van der Waals surface area contributed by atoms with Crippen molar-refractivity contribution in [3.63, 3.8) is 0 Å². The van der Waals surface area contributed by atoms with Crippen molar-refractivity contribution in [1.29, 1.82) is 0 Å².